The number of hydrogen-bond acceptors (Lipinski definition) is 7. The number of nitrogens with one attached hydrogen (secondary N) is 3. The zero-order valence-electron chi connectivity index (χ0n) is 15.3. The Labute approximate surface area is 171 Å². The molecule has 2 amide bonds. The smallest absolute Gasteiger partial charge is 0.310 e. The van der Waals surface area contributed by atoms with E-state index in [9.17, 15) is 19.7 Å². The Morgan fingerprint density at radius 2 is 1.66 bits per heavy atom. The number of carbonyl (C=O) groups excluding carboxylic acids is 2. The predicted octanol–water partition coefficient (Wildman–Crippen LogP) is 1.38. The summed E-state index contributed by atoms with van der Waals surface area (Å²) in [5.74, 6) is -0.689. The molecule has 0 aromatic heterocycles. The van der Waals surface area contributed by atoms with Gasteiger partial charge in [0.25, 0.3) is 11.8 Å². The van der Waals surface area contributed by atoms with Crippen molar-refractivity contribution in [2.24, 2.45) is 0 Å². The number of nitrogens with zero attached hydrogens (tertiary/aromatic N) is 1. The fraction of sp³-hybridized carbons (Fsp3) is 0.167. The summed E-state index contributed by atoms with van der Waals surface area (Å²) in [5.41, 5.74) is 5.33. The van der Waals surface area contributed by atoms with Gasteiger partial charge in [-0.25, -0.2) is 0 Å². The molecule has 2 aromatic rings. The number of hydrazine groups is 1. The standard InChI is InChI=1S/C18H18N4O6S/c1-12-6-8-13(9-7-12)27-10-16(23)19-18(29)21-20-17(24)11-28-15-5-3-2-4-14(15)22(25)26/h2-9H,10-11H2,1H3,(H,20,24)(H2,19,21,23,29). The third-order valence-corrected chi connectivity index (χ3v) is 3.58. The third kappa shape index (κ3) is 7.42. The van der Waals surface area contributed by atoms with Crippen LogP contribution in [0.5, 0.6) is 11.5 Å². The summed E-state index contributed by atoms with van der Waals surface area (Å²) >= 11 is 4.89. The normalized spacial score (nSPS) is 9.83. The molecule has 3 N–H and O–H groups in total. The monoisotopic (exact) mass is 418 g/mol. The summed E-state index contributed by atoms with van der Waals surface area (Å²) in [6, 6.07) is 12.8. The zero-order valence-corrected chi connectivity index (χ0v) is 16.2. The van der Waals surface area contributed by atoms with E-state index in [1.54, 1.807) is 18.2 Å². The van der Waals surface area contributed by atoms with Crippen LogP contribution in [0.2, 0.25) is 0 Å². The highest BCUT2D eigenvalue weighted by Gasteiger charge is 2.15. The second kappa shape index (κ2) is 10.6. The van der Waals surface area contributed by atoms with Crippen LogP contribution < -0.4 is 25.6 Å². The molecular formula is C18H18N4O6S. The summed E-state index contributed by atoms with van der Waals surface area (Å²) < 4.78 is 10.4. The van der Waals surface area contributed by atoms with Crippen LogP contribution in [0.3, 0.4) is 0 Å². The number of ether oxygens (including phenoxy) is 2. The lowest BCUT2D eigenvalue weighted by Crippen LogP contribution is -2.50. The maximum Gasteiger partial charge on any atom is 0.310 e. The van der Waals surface area contributed by atoms with Crippen molar-refractivity contribution in [2.45, 2.75) is 6.92 Å². The number of amides is 2. The van der Waals surface area contributed by atoms with Gasteiger partial charge < -0.3 is 9.47 Å². The Morgan fingerprint density at radius 1 is 1.00 bits per heavy atom. The summed E-state index contributed by atoms with van der Waals surface area (Å²) in [7, 11) is 0. The molecule has 2 aromatic carbocycles. The number of nitro groups is 1. The van der Waals surface area contributed by atoms with E-state index in [4.69, 9.17) is 21.7 Å². The fourth-order valence-corrected chi connectivity index (χ4v) is 2.18. The topological polar surface area (TPSA) is 132 Å². The maximum absolute atomic E-state index is 11.8. The lowest BCUT2D eigenvalue weighted by atomic mass is 10.2. The Bertz CT molecular complexity index is 903. The van der Waals surface area contributed by atoms with Gasteiger partial charge >= 0.3 is 5.69 Å². The van der Waals surface area contributed by atoms with Crippen LogP contribution in [0.15, 0.2) is 48.5 Å². The van der Waals surface area contributed by atoms with Gasteiger partial charge in [0, 0.05) is 6.07 Å². The number of hydrogen-bond donors (Lipinski definition) is 3. The van der Waals surface area contributed by atoms with Crippen molar-refractivity contribution in [2.75, 3.05) is 13.2 Å². The van der Waals surface area contributed by atoms with Crippen molar-refractivity contribution in [3.63, 3.8) is 0 Å². The highest BCUT2D eigenvalue weighted by molar-refractivity contribution is 7.80. The molecule has 0 fully saturated rings. The zero-order chi connectivity index (χ0) is 21.2. The summed E-state index contributed by atoms with van der Waals surface area (Å²) in [4.78, 5) is 33.8. The van der Waals surface area contributed by atoms with Crippen LogP contribution in [0.25, 0.3) is 0 Å². The Hall–Kier alpha value is -3.73. The van der Waals surface area contributed by atoms with Gasteiger partial charge in [-0.2, -0.15) is 0 Å². The lowest BCUT2D eigenvalue weighted by Gasteiger charge is -2.12. The number of para-hydroxylation sites is 2. The van der Waals surface area contributed by atoms with E-state index in [0.29, 0.717) is 5.75 Å². The number of benzene rings is 2. The first-order chi connectivity index (χ1) is 13.8. The van der Waals surface area contributed by atoms with Crippen molar-refractivity contribution in [3.8, 4) is 11.5 Å². The molecule has 29 heavy (non-hydrogen) atoms. The number of aryl methyl sites for hydroxylation is 1. The molecule has 0 radical (unpaired) electrons. The quantitative estimate of drug-likeness (QED) is 0.349. The minimum absolute atomic E-state index is 0.0446. The molecule has 0 unspecified atom stereocenters. The largest absolute Gasteiger partial charge is 0.484 e. The van der Waals surface area contributed by atoms with Crippen LogP contribution in [0.4, 0.5) is 5.69 Å². The predicted molar refractivity (Wildman–Crippen MR) is 107 cm³/mol. The molecule has 0 saturated heterocycles. The molecule has 0 atom stereocenters. The number of rotatable bonds is 7. The van der Waals surface area contributed by atoms with Crippen LogP contribution in [0, 0.1) is 17.0 Å². The molecule has 10 nitrogen and oxygen atoms in total. The van der Waals surface area contributed by atoms with E-state index in [-0.39, 0.29) is 23.2 Å². The molecule has 0 bridgehead atoms. The number of nitro benzene ring substituents is 1. The first-order valence-electron chi connectivity index (χ1n) is 8.29. The first kappa shape index (κ1) is 21.6. The second-order valence-electron chi connectivity index (χ2n) is 5.67. The Morgan fingerprint density at radius 3 is 2.34 bits per heavy atom. The van der Waals surface area contributed by atoms with E-state index in [2.05, 4.69) is 16.2 Å². The minimum atomic E-state index is -0.657. The third-order valence-electron chi connectivity index (χ3n) is 3.38. The SMILES string of the molecule is Cc1ccc(OCC(=O)NC(=S)NNC(=O)COc2ccccc2[N+](=O)[O-])cc1. The van der Waals surface area contributed by atoms with Gasteiger partial charge in [-0.1, -0.05) is 29.8 Å². The highest BCUT2D eigenvalue weighted by Crippen LogP contribution is 2.25. The Kier molecular flexibility index (Phi) is 7.86. The van der Waals surface area contributed by atoms with Gasteiger partial charge in [-0.3, -0.25) is 35.9 Å². The van der Waals surface area contributed by atoms with Gasteiger partial charge in [-0.15, -0.1) is 0 Å². The molecular weight excluding hydrogens is 400 g/mol. The van der Waals surface area contributed by atoms with E-state index in [1.807, 2.05) is 19.1 Å². The number of carbonyl (C=O) groups is 2. The van der Waals surface area contributed by atoms with E-state index in [1.165, 1.54) is 18.2 Å². The van der Waals surface area contributed by atoms with Crippen LogP contribution >= 0.6 is 12.2 Å². The Balaban J connectivity index is 1.69. The van der Waals surface area contributed by atoms with Gasteiger partial charge in [-0.05, 0) is 37.3 Å². The lowest BCUT2D eigenvalue weighted by molar-refractivity contribution is -0.385. The molecule has 11 heteroatoms. The van der Waals surface area contributed by atoms with Gasteiger partial charge in [0.05, 0.1) is 4.92 Å². The summed E-state index contributed by atoms with van der Waals surface area (Å²) in [6.45, 7) is 1.17. The van der Waals surface area contributed by atoms with Crippen molar-refractivity contribution in [1.29, 1.82) is 0 Å². The van der Waals surface area contributed by atoms with E-state index >= 15 is 0 Å². The molecule has 0 saturated carbocycles. The average molecular weight is 418 g/mol. The van der Waals surface area contributed by atoms with Gasteiger partial charge in [0.2, 0.25) is 0 Å². The molecule has 152 valence electrons. The molecule has 0 heterocycles. The molecule has 0 spiro atoms. The van der Waals surface area contributed by atoms with Crippen molar-refractivity contribution in [1.82, 2.24) is 16.2 Å². The van der Waals surface area contributed by atoms with Gasteiger partial charge in [0.1, 0.15) is 5.75 Å². The molecule has 2 rings (SSSR count). The highest BCUT2D eigenvalue weighted by atomic mass is 32.1. The molecule has 0 aliphatic carbocycles. The van der Waals surface area contributed by atoms with E-state index in [0.717, 1.165) is 5.56 Å². The van der Waals surface area contributed by atoms with E-state index < -0.39 is 23.3 Å². The van der Waals surface area contributed by atoms with Crippen molar-refractivity contribution >= 4 is 34.8 Å². The summed E-state index contributed by atoms with van der Waals surface area (Å²) in [6.07, 6.45) is 0. The van der Waals surface area contributed by atoms with Crippen molar-refractivity contribution in [3.05, 3.63) is 64.2 Å². The van der Waals surface area contributed by atoms with Crippen LogP contribution in [-0.4, -0.2) is 35.1 Å². The average Bonchev–Trinajstić information content (AvgIpc) is 2.70. The molecule has 0 aliphatic heterocycles. The first-order valence-corrected chi connectivity index (χ1v) is 8.70. The van der Waals surface area contributed by atoms with Gasteiger partial charge in [0.15, 0.2) is 24.1 Å². The van der Waals surface area contributed by atoms with Crippen LogP contribution in [0.1, 0.15) is 5.56 Å². The fourth-order valence-electron chi connectivity index (χ4n) is 2.01. The number of thiocarbonyl (C=S) groups is 1. The van der Waals surface area contributed by atoms with Crippen molar-refractivity contribution < 1.29 is 24.0 Å². The summed E-state index contributed by atoms with van der Waals surface area (Å²) in [5, 5.41) is 13.1. The second-order valence-corrected chi connectivity index (χ2v) is 6.07. The maximum atomic E-state index is 11.8. The molecule has 0 aliphatic rings. The minimum Gasteiger partial charge on any atom is -0.484 e. The van der Waals surface area contributed by atoms with Crippen LogP contribution in [-0.2, 0) is 9.59 Å².